The molecule has 0 radical (unpaired) electrons. The van der Waals surface area contributed by atoms with E-state index in [0.29, 0.717) is 0 Å². The molecule has 1 saturated heterocycles. The second kappa shape index (κ2) is 7.65. The molecule has 7 nitrogen and oxygen atoms in total. The van der Waals surface area contributed by atoms with Gasteiger partial charge in [-0.1, -0.05) is 0 Å². The summed E-state index contributed by atoms with van der Waals surface area (Å²) >= 11 is 0. The lowest BCUT2D eigenvalue weighted by atomic mass is 10.1. The summed E-state index contributed by atoms with van der Waals surface area (Å²) in [4.78, 5) is 23.3. The van der Waals surface area contributed by atoms with Crippen molar-refractivity contribution < 1.29 is 22.7 Å². The summed E-state index contributed by atoms with van der Waals surface area (Å²) in [6.45, 7) is 0.282. The summed E-state index contributed by atoms with van der Waals surface area (Å²) < 4.78 is 40.9. The number of rotatable bonds is 4. The number of ether oxygens (including phenoxy) is 1. The van der Waals surface area contributed by atoms with E-state index < -0.39 is 18.8 Å². The number of anilines is 1. The van der Waals surface area contributed by atoms with E-state index in [1.807, 2.05) is 7.05 Å². The van der Waals surface area contributed by atoms with Crippen LogP contribution in [0.15, 0.2) is 12.3 Å². The Bertz CT molecular complexity index is 570. The number of likely N-dealkylation sites (tertiary alicyclic amines) is 1. The minimum Gasteiger partial charge on any atom is -0.454 e. The van der Waals surface area contributed by atoms with Crippen molar-refractivity contribution in [3.63, 3.8) is 0 Å². The third-order valence-corrected chi connectivity index (χ3v) is 3.70. The fourth-order valence-electron chi connectivity index (χ4n) is 2.45. The Morgan fingerprint density at radius 2 is 2.29 bits per heavy atom. The van der Waals surface area contributed by atoms with Gasteiger partial charge in [0.1, 0.15) is 5.82 Å². The smallest absolute Gasteiger partial charge is 0.422 e. The molecule has 2 amide bonds. The predicted octanol–water partition coefficient (Wildman–Crippen LogP) is 1.98. The zero-order valence-corrected chi connectivity index (χ0v) is 13.5. The molecule has 2 heterocycles. The van der Waals surface area contributed by atoms with Crippen LogP contribution in [0.25, 0.3) is 0 Å². The van der Waals surface area contributed by atoms with Crippen molar-refractivity contribution in [2.75, 3.05) is 39.1 Å². The zero-order valence-electron chi connectivity index (χ0n) is 13.5. The summed E-state index contributed by atoms with van der Waals surface area (Å²) in [6.07, 6.45) is -1.35. The van der Waals surface area contributed by atoms with E-state index in [1.54, 1.807) is 11.9 Å². The van der Waals surface area contributed by atoms with Crippen LogP contribution >= 0.6 is 0 Å². The third kappa shape index (κ3) is 5.52. The van der Waals surface area contributed by atoms with Gasteiger partial charge in [0.25, 0.3) is 0 Å². The number of likely N-dealkylation sites (N-methyl/N-ethyl adjacent to an activating group) is 2. The molecule has 134 valence electrons. The number of nitrogens with one attached hydrogen (secondary N) is 1. The first-order valence-corrected chi connectivity index (χ1v) is 7.49. The van der Waals surface area contributed by atoms with Crippen LogP contribution in [0, 0.1) is 0 Å². The fourth-order valence-corrected chi connectivity index (χ4v) is 2.45. The lowest BCUT2D eigenvalue weighted by Gasteiger charge is -2.35. The van der Waals surface area contributed by atoms with E-state index >= 15 is 0 Å². The average molecular weight is 347 g/mol. The van der Waals surface area contributed by atoms with Crippen LogP contribution in [-0.2, 0) is 0 Å². The highest BCUT2D eigenvalue weighted by Crippen LogP contribution is 2.17. The Hall–Kier alpha value is -2.10. The van der Waals surface area contributed by atoms with Crippen molar-refractivity contribution in [2.24, 2.45) is 0 Å². The van der Waals surface area contributed by atoms with Gasteiger partial charge in [-0.05, 0) is 32.5 Å². The Morgan fingerprint density at radius 3 is 2.96 bits per heavy atom. The maximum atomic E-state index is 12.3. The van der Waals surface area contributed by atoms with Crippen LogP contribution in [0.3, 0.4) is 0 Å². The number of carbonyl (C=O) groups is 1. The maximum absolute atomic E-state index is 12.3. The molecule has 0 spiro atoms. The number of amides is 2. The predicted molar refractivity (Wildman–Crippen MR) is 80.9 cm³/mol. The topological polar surface area (TPSA) is 70.6 Å². The Morgan fingerprint density at radius 1 is 1.54 bits per heavy atom. The first-order chi connectivity index (χ1) is 11.2. The lowest BCUT2D eigenvalue weighted by Crippen LogP contribution is -2.48. The number of nitrogens with zero attached hydrogens (tertiary/aromatic N) is 4. The molecule has 1 aromatic heterocycles. The number of carbonyl (C=O) groups excluding carboxylic acids is 1. The largest absolute Gasteiger partial charge is 0.454 e. The Labute approximate surface area is 137 Å². The Balaban J connectivity index is 1.93. The van der Waals surface area contributed by atoms with Crippen LogP contribution < -0.4 is 10.1 Å². The lowest BCUT2D eigenvalue weighted by molar-refractivity contribution is -0.154. The van der Waals surface area contributed by atoms with Crippen LogP contribution in [0.1, 0.15) is 12.8 Å². The number of urea groups is 1. The van der Waals surface area contributed by atoms with Gasteiger partial charge < -0.3 is 14.5 Å². The van der Waals surface area contributed by atoms with Gasteiger partial charge in [-0.3, -0.25) is 5.32 Å². The molecule has 0 bridgehead atoms. The number of alkyl halides is 3. The maximum Gasteiger partial charge on any atom is 0.422 e. The van der Waals surface area contributed by atoms with Gasteiger partial charge in [0.15, 0.2) is 6.61 Å². The number of halogens is 3. The molecule has 1 aliphatic heterocycles. The summed E-state index contributed by atoms with van der Waals surface area (Å²) in [7, 11) is 3.67. The highest BCUT2D eigenvalue weighted by atomic mass is 19.4. The zero-order chi connectivity index (χ0) is 17.7. The number of hydrogen-bond acceptors (Lipinski definition) is 5. The monoisotopic (exact) mass is 347 g/mol. The van der Waals surface area contributed by atoms with Gasteiger partial charge in [-0.15, -0.1) is 0 Å². The van der Waals surface area contributed by atoms with Gasteiger partial charge in [0.2, 0.25) is 0 Å². The van der Waals surface area contributed by atoms with Gasteiger partial charge >= 0.3 is 18.2 Å². The normalized spacial score (nSPS) is 19.0. The molecule has 1 N–H and O–H groups in total. The molecule has 2 rings (SSSR count). The SMILES string of the molecule is CN1CCCC(N(C)C(=O)Nc2ccnc(OCC(F)(F)F)n2)C1. The van der Waals surface area contributed by atoms with Crippen molar-refractivity contribution >= 4 is 11.8 Å². The van der Waals surface area contributed by atoms with Crippen molar-refractivity contribution in [3.05, 3.63) is 12.3 Å². The van der Waals surface area contributed by atoms with Crippen LogP contribution in [0.4, 0.5) is 23.8 Å². The molecule has 10 heteroatoms. The van der Waals surface area contributed by atoms with Gasteiger partial charge in [0.05, 0.1) is 0 Å². The fraction of sp³-hybridized carbons (Fsp3) is 0.643. The van der Waals surface area contributed by atoms with E-state index in [2.05, 4.69) is 24.9 Å². The van der Waals surface area contributed by atoms with Crippen molar-refractivity contribution in [3.8, 4) is 6.01 Å². The van der Waals surface area contributed by atoms with E-state index in [1.165, 1.54) is 12.3 Å². The molecule has 1 fully saturated rings. The van der Waals surface area contributed by atoms with Crippen LogP contribution in [-0.4, -0.2) is 71.8 Å². The summed E-state index contributed by atoms with van der Waals surface area (Å²) in [5.41, 5.74) is 0. The molecule has 24 heavy (non-hydrogen) atoms. The molecule has 0 aromatic carbocycles. The number of aromatic nitrogens is 2. The minimum absolute atomic E-state index is 0.0755. The van der Waals surface area contributed by atoms with E-state index in [9.17, 15) is 18.0 Å². The molecular weight excluding hydrogens is 327 g/mol. The van der Waals surface area contributed by atoms with Crippen molar-refractivity contribution in [1.82, 2.24) is 19.8 Å². The van der Waals surface area contributed by atoms with Gasteiger partial charge in [-0.25, -0.2) is 9.78 Å². The second-order valence-electron chi connectivity index (χ2n) is 5.73. The number of piperidine rings is 1. The summed E-state index contributed by atoms with van der Waals surface area (Å²) in [5, 5.41) is 2.55. The van der Waals surface area contributed by atoms with Gasteiger partial charge in [-0.2, -0.15) is 18.2 Å². The minimum atomic E-state index is -4.48. The molecule has 1 aliphatic rings. The van der Waals surface area contributed by atoms with Crippen molar-refractivity contribution in [2.45, 2.75) is 25.1 Å². The molecule has 0 aliphatic carbocycles. The standard InChI is InChI=1S/C14H20F3N5O2/c1-21-7-3-4-10(8-21)22(2)13(23)20-11-5-6-18-12(19-11)24-9-14(15,16)17/h5-6,10H,3-4,7-9H2,1-2H3,(H,18,19,20,23). The highest BCUT2D eigenvalue weighted by Gasteiger charge is 2.29. The summed E-state index contributed by atoms with van der Waals surface area (Å²) in [6, 6.07) is 0.645. The molecular formula is C14H20F3N5O2. The molecule has 1 atom stereocenters. The van der Waals surface area contributed by atoms with Crippen LogP contribution in [0.2, 0.25) is 0 Å². The average Bonchev–Trinajstić information content (AvgIpc) is 2.52. The summed E-state index contributed by atoms with van der Waals surface area (Å²) in [5.74, 6) is 0.0863. The Kier molecular flexibility index (Phi) is 5.81. The van der Waals surface area contributed by atoms with E-state index in [4.69, 9.17) is 0 Å². The number of hydrogen-bond donors (Lipinski definition) is 1. The molecule has 1 aromatic rings. The van der Waals surface area contributed by atoms with Crippen molar-refractivity contribution in [1.29, 1.82) is 0 Å². The quantitative estimate of drug-likeness (QED) is 0.902. The van der Waals surface area contributed by atoms with Crippen LogP contribution in [0.5, 0.6) is 6.01 Å². The molecule has 1 unspecified atom stereocenters. The van der Waals surface area contributed by atoms with E-state index in [0.717, 1.165) is 25.9 Å². The third-order valence-electron chi connectivity index (χ3n) is 3.70. The van der Waals surface area contributed by atoms with E-state index in [-0.39, 0.29) is 17.9 Å². The molecule has 0 saturated carbocycles. The first-order valence-electron chi connectivity index (χ1n) is 7.49. The highest BCUT2D eigenvalue weighted by molar-refractivity contribution is 5.88. The first kappa shape index (κ1) is 18.2. The second-order valence-corrected chi connectivity index (χ2v) is 5.73. The van der Waals surface area contributed by atoms with Gasteiger partial charge in [0, 0.05) is 25.8 Å².